The highest BCUT2D eigenvalue weighted by Gasteiger charge is 2.21. The molecule has 3 N–H and O–H groups in total. The van der Waals surface area contributed by atoms with E-state index in [1.54, 1.807) is 0 Å². The first-order chi connectivity index (χ1) is 9.28. The van der Waals surface area contributed by atoms with Crippen molar-refractivity contribution in [1.29, 1.82) is 0 Å². The molecule has 0 aromatic heterocycles. The fourth-order valence-corrected chi connectivity index (χ4v) is 1.86. The first-order valence-electron chi connectivity index (χ1n) is 6.93. The van der Waals surface area contributed by atoms with Gasteiger partial charge in [0.15, 0.2) is 0 Å². The molecule has 1 aliphatic carbocycles. The molecule has 0 aliphatic heterocycles. The van der Waals surface area contributed by atoms with Crippen LogP contribution in [0.1, 0.15) is 24.0 Å². The lowest BCUT2D eigenvalue weighted by molar-refractivity contribution is 0.0324. The molecule has 19 heavy (non-hydrogen) atoms. The number of hydrogen-bond donors (Lipinski definition) is 3. The zero-order chi connectivity index (χ0) is 13.5. The van der Waals surface area contributed by atoms with E-state index in [4.69, 9.17) is 9.84 Å². The first-order valence-corrected chi connectivity index (χ1v) is 6.93. The molecule has 2 rings (SSSR count). The summed E-state index contributed by atoms with van der Waals surface area (Å²) in [5, 5.41) is 21.9. The van der Waals surface area contributed by atoms with Crippen LogP contribution in [0.15, 0.2) is 24.3 Å². The van der Waals surface area contributed by atoms with Crippen molar-refractivity contribution in [2.45, 2.75) is 32.1 Å². The topological polar surface area (TPSA) is 61.7 Å². The highest BCUT2D eigenvalue weighted by molar-refractivity contribution is 5.21. The smallest absolute Gasteiger partial charge is 0.0897 e. The fourth-order valence-electron chi connectivity index (χ4n) is 1.86. The average Bonchev–Trinajstić information content (AvgIpc) is 3.24. The predicted octanol–water partition coefficient (Wildman–Crippen LogP) is 1.06. The summed E-state index contributed by atoms with van der Waals surface area (Å²) in [5.41, 5.74) is 2.06. The number of hydrogen-bond acceptors (Lipinski definition) is 4. The largest absolute Gasteiger partial charge is 0.392 e. The van der Waals surface area contributed by atoms with Crippen LogP contribution in [-0.4, -0.2) is 36.1 Å². The van der Waals surface area contributed by atoms with E-state index in [1.165, 1.54) is 12.8 Å². The molecule has 1 saturated carbocycles. The fraction of sp³-hybridized carbons (Fsp3) is 0.600. The van der Waals surface area contributed by atoms with Gasteiger partial charge in [0.05, 0.1) is 19.3 Å². The van der Waals surface area contributed by atoms with Gasteiger partial charge < -0.3 is 20.3 Å². The first kappa shape index (κ1) is 14.5. The number of aliphatic hydroxyl groups excluding tert-OH is 2. The molecule has 0 radical (unpaired) electrons. The highest BCUT2D eigenvalue weighted by Crippen LogP contribution is 2.28. The number of nitrogens with one attached hydrogen (secondary N) is 1. The lowest BCUT2D eigenvalue weighted by Gasteiger charge is -2.12. The van der Waals surface area contributed by atoms with Gasteiger partial charge in [0.2, 0.25) is 0 Å². The molecule has 1 aliphatic rings. The van der Waals surface area contributed by atoms with Crippen molar-refractivity contribution in [3.8, 4) is 0 Å². The van der Waals surface area contributed by atoms with Crippen LogP contribution >= 0.6 is 0 Å². The Morgan fingerprint density at radius 2 is 1.89 bits per heavy atom. The van der Waals surface area contributed by atoms with Crippen LogP contribution in [0.2, 0.25) is 0 Å². The Balaban J connectivity index is 1.56. The van der Waals surface area contributed by atoms with Crippen LogP contribution < -0.4 is 5.32 Å². The molecule has 0 saturated heterocycles. The molecule has 4 heteroatoms. The molecule has 0 bridgehead atoms. The van der Waals surface area contributed by atoms with Gasteiger partial charge in [-0.3, -0.25) is 0 Å². The van der Waals surface area contributed by atoms with Crippen LogP contribution in [0.4, 0.5) is 0 Å². The standard InChI is InChI=1S/C15H23NO3/c17-9-13-3-1-12(2-4-13)7-16-8-15(18)11-19-10-14-5-6-14/h1-4,14-18H,5-11H2. The quantitative estimate of drug-likeness (QED) is 0.625. The molecule has 1 fully saturated rings. The molecule has 0 heterocycles. The van der Waals surface area contributed by atoms with Gasteiger partial charge in [-0.2, -0.15) is 0 Å². The Kier molecular flexibility index (Phi) is 5.79. The summed E-state index contributed by atoms with van der Waals surface area (Å²) in [6.45, 7) is 2.52. The van der Waals surface area contributed by atoms with Crippen LogP contribution in [0.25, 0.3) is 0 Å². The van der Waals surface area contributed by atoms with Crippen molar-refractivity contribution in [2.24, 2.45) is 5.92 Å². The van der Waals surface area contributed by atoms with Crippen LogP contribution in [-0.2, 0) is 17.9 Å². The van der Waals surface area contributed by atoms with Gasteiger partial charge in [-0.15, -0.1) is 0 Å². The van der Waals surface area contributed by atoms with Gasteiger partial charge in [-0.05, 0) is 29.9 Å². The molecule has 1 atom stereocenters. The van der Waals surface area contributed by atoms with Crippen LogP contribution in [0, 0.1) is 5.92 Å². The lowest BCUT2D eigenvalue weighted by atomic mass is 10.1. The Labute approximate surface area is 114 Å². The van der Waals surface area contributed by atoms with E-state index in [1.807, 2.05) is 24.3 Å². The Morgan fingerprint density at radius 3 is 2.53 bits per heavy atom. The molecule has 1 aromatic carbocycles. The third-order valence-corrected chi connectivity index (χ3v) is 3.28. The molecule has 4 nitrogen and oxygen atoms in total. The number of ether oxygens (including phenoxy) is 1. The van der Waals surface area contributed by atoms with Gasteiger partial charge in [0.1, 0.15) is 0 Å². The van der Waals surface area contributed by atoms with Gasteiger partial charge in [0, 0.05) is 19.7 Å². The summed E-state index contributed by atoms with van der Waals surface area (Å²) in [4.78, 5) is 0. The third kappa shape index (κ3) is 5.70. The van der Waals surface area contributed by atoms with Crippen molar-refractivity contribution in [3.05, 3.63) is 35.4 Å². The van der Waals surface area contributed by atoms with Gasteiger partial charge in [0.25, 0.3) is 0 Å². The van der Waals surface area contributed by atoms with Crippen molar-refractivity contribution >= 4 is 0 Å². The van der Waals surface area contributed by atoms with Gasteiger partial charge >= 0.3 is 0 Å². The van der Waals surface area contributed by atoms with Crippen LogP contribution in [0.3, 0.4) is 0 Å². The van der Waals surface area contributed by atoms with Gasteiger partial charge in [-0.1, -0.05) is 24.3 Å². The maximum absolute atomic E-state index is 9.72. The van der Waals surface area contributed by atoms with E-state index < -0.39 is 6.10 Å². The maximum atomic E-state index is 9.72. The number of aliphatic hydroxyl groups is 2. The second kappa shape index (κ2) is 7.60. The maximum Gasteiger partial charge on any atom is 0.0897 e. The summed E-state index contributed by atoms with van der Waals surface area (Å²) in [7, 11) is 0. The van der Waals surface area contributed by atoms with Gasteiger partial charge in [-0.25, -0.2) is 0 Å². The van der Waals surface area contributed by atoms with Crippen LogP contribution in [0.5, 0.6) is 0 Å². The van der Waals surface area contributed by atoms with E-state index in [-0.39, 0.29) is 6.61 Å². The number of rotatable bonds is 9. The van der Waals surface area contributed by atoms with E-state index in [2.05, 4.69) is 5.32 Å². The Morgan fingerprint density at radius 1 is 1.21 bits per heavy atom. The summed E-state index contributed by atoms with van der Waals surface area (Å²) in [6, 6.07) is 7.78. The van der Waals surface area contributed by atoms with Crippen molar-refractivity contribution < 1.29 is 14.9 Å². The summed E-state index contributed by atoms with van der Waals surface area (Å²) in [5.74, 6) is 0.741. The summed E-state index contributed by atoms with van der Waals surface area (Å²) >= 11 is 0. The SMILES string of the molecule is OCc1ccc(CNCC(O)COCC2CC2)cc1. The van der Waals surface area contributed by atoms with E-state index >= 15 is 0 Å². The Bertz CT molecular complexity index is 362. The molecule has 1 aromatic rings. The second-order valence-electron chi connectivity index (χ2n) is 5.24. The minimum atomic E-state index is -0.449. The zero-order valence-corrected chi connectivity index (χ0v) is 11.2. The van der Waals surface area contributed by atoms with E-state index in [0.29, 0.717) is 19.7 Å². The molecule has 0 spiro atoms. The second-order valence-corrected chi connectivity index (χ2v) is 5.24. The monoisotopic (exact) mass is 265 g/mol. The molecule has 1 unspecified atom stereocenters. The highest BCUT2D eigenvalue weighted by atomic mass is 16.5. The number of benzene rings is 1. The lowest BCUT2D eigenvalue weighted by Crippen LogP contribution is -2.30. The molecule has 0 amide bonds. The minimum Gasteiger partial charge on any atom is -0.392 e. The molecule has 106 valence electrons. The van der Waals surface area contributed by atoms with Crippen molar-refractivity contribution in [3.63, 3.8) is 0 Å². The summed E-state index contributed by atoms with van der Waals surface area (Å²) in [6.07, 6.45) is 2.10. The molecular weight excluding hydrogens is 242 g/mol. The summed E-state index contributed by atoms with van der Waals surface area (Å²) < 4.78 is 5.43. The molecular formula is C15H23NO3. The Hall–Kier alpha value is -0.940. The third-order valence-electron chi connectivity index (χ3n) is 3.28. The zero-order valence-electron chi connectivity index (χ0n) is 11.2. The predicted molar refractivity (Wildman–Crippen MR) is 73.6 cm³/mol. The van der Waals surface area contributed by atoms with Crippen molar-refractivity contribution in [2.75, 3.05) is 19.8 Å². The van der Waals surface area contributed by atoms with E-state index in [0.717, 1.165) is 23.7 Å². The van der Waals surface area contributed by atoms with Crippen molar-refractivity contribution in [1.82, 2.24) is 5.32 Å². The van der Waals surface area contributed by atoms with E-state index in [9.17, 15) is 5.11 Å². The average molecular weight is 265 g/mol. The minimum absolute atomic E-state index is 0.0742. The normalized spacial score (nSPS) is 16.5.